The lowest BCUT2D eigenvalue weighted by Gasteiger charge is -2.11. The second kappa shape index (κ2) is 11.0. The van der Waals surface area contributed by atoms with Gasteiger partial charge in [-0.2, -0.15) is 0 Å². The van der Waals surface area contributed by atoms with E-state index in [0.29, 0.717) is 17.3 Å². The van der Waals surface area contributed by atoms with Crippen molar-refractivity contribution in [1.29, 1.82) is 0 Å². The summed E-state index contributed by atoms with van der Waals surface area (Å²) >= 11 is 0. The lowest BCUT2D eigenvalue weighted by atomic mass is 10.1. The minimum Gasteiger partial charge on any atom is -0.459 e. The number of benzene rings is 2. The number of rotatable bonds is 8. The first-order valence-electron chi connectivity index (χ1n) is 9.98. The maximum absolute atomic E-state index is 13.6. The number of nitrogens with one attached hydrogen (secondary N) is 3. The van der Waals surface area contributed by atoms with Crippen LogP contribution in [-0.2, 0) is 14.3 Å². The van der Waals surface area contributed by atoms with Gasteiger partial charge in [0.25, 0.3) is 11.8 Å². The maximum Gasteiger partial charge on any atom is 0.338 e. The van der Waals surface area contributed by atoms with Crippen LogP contribution in [0.15, 0.2) is 53.1 Å². The molecule has 0 spiro atoms. The molecule has 0 atom stereocenters. The zero-order valence-corrected chi connectivity index (χ0v) is 18.1. The second-order valence-electron chi connectivity index (χ2n) is 7.09. The largest absolute Gasteiger partial charge is 0.459 e. The average molecular weight is 489 g/mol. The molecule has 1 heterocycles. The molecule has 1 aromatic heterocycles. The highest BCUT2D eigenvalue weighted by molar-refractivity contribution is 6.03. The van der Waals surface area contributed by atoms with Crippen molar-refractivity contribution in [3.05, 3.63) is 83.1 Å². The van der Waals surface area contributed by atoms with E-state index in [4.69, 9.17) is 9.15 Å². The summed E-state index contributed by atoms with van der Waals surface area (Å²) < 4.78 is 49.6. The molecular formula is C23H18F3N3O6. The fraction of sp³-hybridized carbons (Fsp3) is 0.130. The predicted octanol–water partition coefficient (Wildman–Crippen LogP) is 3.17. The van der Waals surface area contributed by atoms with E-state index in [1.165, 1.54) is 24.5 Å². The monoisotopic (exact) mass is 489 g/mol. The molecule has 0 aliphatic heterocycles. The van der Waals surface area contributed by atoms with Crippen molar-refractivity contribution < 1.29 is 41.5 Å². The summed E-state index contributed by atoms with van der Waals surface area (Å²) in [7, 11) is 0. The predicted molar refractivity (Wildman–Crippen MR) is 116 cm³/mol. The van der Waals surface area contributed by atoms with Crippen LogP contribution in [0.25, 0.3) is 0 Å². The summed E-state index contributed by atoms with van der Waals surface area (Å²) in [5.41, 5.74) is 0.419. The number of esters is 1. The Kier molecular flexibility index (Phi) is 7.87. The van der Waals surface area contributed by atoms with E-state index < -0.39 is 60.0 Å². The minimum absolute atomic E-state index is 0.0460. The Morgan fingerprint density at radius 1 is 0.914 bits per heavy atom. The number of amides is 3. The first-order valence-corrected chi connectivity index (χ1v) is 9.98. The molecule has 0 aliphatic rings. The summed E-state index contributed by atoms with van der Waals surface area (Å²) in [6, 6.07) is 8.83. The molecule has 182 valence electrons. The van der Waals surface area contributed by atoms with Crippen molar-refractivity contribution in [3.63, 3.8) is 0 Å². The standard InChI is InChI=1S/C23H18F3N3O6/c1-12-4-5-13(9-16(12)29-22(32)17-3-2-8-34-17)23(33)35-11-19(31)27-10-18(30)28-15-7-6-14(24)20(25)21(15)26/h2-9H,10-11H2,1H3,(H,27,31)(H,28,30)(H,29,32). The number of carbonyl (C=O) groups is 4. The van der Waals surface area contributed by atoms with E-state index in [1.54, 1.807) is 19.1 Å². The van der Waals surface area contributed by atoms with Gasteiger partial charge in [-0.25, -0.2) is 18.0 Å². The van der Waals surface area contributed by atoms with Gasteiger partial charge in [0.1, 0.15) is 0 Å². The molecular weight excluding hydrogens is 471 g/mol. The van der Waals surface area contributed by atoms with E-state index in [-0.39, 0.29) is 11.3 Å². The summed E-state index contributed by atoms with van der Waals surface area (Å²) in [5, 5.41) is 6.71. The average Bonchev–Trinajstić information content (AvgIpc) is 3.38. The highest BCUT2D eigenvalue weighted by atomic mass is 19.2. The van der Waals surface area contributed by atoms with Crippen molar-refractivity contribution in [2.75, 3.05) is 23.8 Å². The summed E-state index contributed by atoms with van der Waals surface area (Å²) in [6.07, 6.45) is 1.34. The molecule has 0 unspecified atom stereocenters. The molecule has 0 radical (unpaired) electrons. The molecule has 9 nitrogen and oxygen atoms in total. The van der Waals surface area contributed by atoms with Crippen molar-refractivity contribution in [3.8, 4) is 0 Å². The quantitative estimate of drug-likeness (QED) is 0.330. The molecule has 0 aliphatic carbocycles. The van der Waals surface area contributed by atoms with Crippen LogP contribution in [0.4, 0.5) is 24.5 Å². The third kappa shape index (κ3) is 6.47. The number of hydrogen-bond donors (Lipinski definition) is 3. The second-order valence-corrected chi connectivity index (χ2v) is 7.09. The fourth-order valence-corrected chi connectivity index (χ4v) is 2.74. The first-order chi connectivity index (χ1) is 16.7. The number of halogens is 3. The number of hydrogen-bond acceptors (Lipinski definition) is 6. The van der Waals surface area contributed by atoms with Crippen LogP contribution in [0.3, 0.4) is 0 Å². The number of furan rings is 1. The Morgan fingerprint density at radius 3 is 2.40 bits per heavy atom. The minimum atomic E-state index is -1.75. The first kappa shape index (κ1) is 25.0. The Balaban J connectivity index is 1.49. The lowest BCUT2D eigenvalue weighted by molar-refractivity contribution is -0.126. The maximum atomic E-state index is 13.6. The third-order valence-corrected chi connectivity index (χ3v) is 4.56. The Bertz CT molecular complexity index is 1280. The topological polar surface area (TPSA) is 127 Å². The lowest BCUT2D eigenvalue weighted by Crippen LogP contribution is -2.35. The van der Waals surface area contributed by atoms with Crippen molar-refractivity contribution in [2.45, 2.75) is 6.92 Å². The van der Waals surface area contributed by atoms with Gasteiger partial charge in [0.05, 0.1) is 24.1 Å². The molecule has 12 heteroatoms. The van der Waals surface area contributed by atoms with Gasteiger partial charge >= 0.3 is 5.97 Å². The molecule has 3 rings (SSSR count). The van der Waals surface area contributed by atoms with Crippen molar-refractivity contribution in [1.82, 2.24) is 5.32 Å². The van der Waals surface area contributed by atoms with E-state index in [1.807, 2.05) is 5.32 Å². The third-order valence-electron chi connectivity index (χ3n) is 4.56. The van der Waals surface area contributed by atoms with E-state index in [9.17, 15) is 32.3 Å². The van der Waals surface area contributed by atoms with Gasteiger partial charge in [0, 0.05) is 5.69 Å². The van der Waals surface area contributed by atoms with E-state index >= 15 is 0 Å². The van der Waals surface area contributed by atoms with Crippen LogP contribution in [0.5, 0.6) is 0 Å². The molecule has 2 aromatic carbocycles. The van der Waals surface area contributed by atoms with Crippen molar-refractivity contribution in [2.24, 2.45) is 0 Å². The van der Waals surface area contributed by atoms with Crippen LogP contribution >= 0.6 is 0 Å². The molecule has 0 bridgehead atoms. The van der Waals surface area contributed by atoms with Crippen LogP contribution < -0.4 is 16.0 Å². The zero-order chi connectivity index (χ0) is 25.5. The molecule has 0 fully saturated rings. The van der Waals surface area contributed by atoms with Gasteiger partial charge in [-0.3, -0.25) is 14.4 Å². The normalized spacial score (nSPS) is 10.4. The van der Waals surface area contributed by atoms with Gasteiger partial charge in [0.15, 0.2) is 29.8 Å². The van der Waals surface area contributed by atoms with Gasteiger partial charge in [0.2, 0.25) is 5.91 Å². The SMILES string of the molecule is Cc1ccc(C(=O)OCC(=O)NCC(=O)Nc2ccc(F)c(F)c2F)cc1NC(=O)c1ccco1. The molecule has 3 aromatic rings. The van der Waals surface area contributed by atoms with Gasteiger partial charge < -0.3 is 25.1 Å². The highest BCUT2D eigenvalue weighted by Crippen LogP contribution is 2.20. The molecule has 3 amide bonds. The number of aryl methyl sites for hydroxylation is 1. The Labute approximate surface area is 196 Å². The van der Waals surface area contributed by atoms with Crippen LogP contribution in [0, 0.1) is 24.4 Å². The summed E-state index contributed by atoms with van der Waals surface area (Å²) in [6.45, 7) is 0.313. The van der Waals surface area contributed by atoms with Crippen LogP contribution in [-0.4, -0.2) is 36.8 Å². The molecule has 0 saturated carbocycles. The molecule has 0 saturated heterocycles. The summed E-state index contributed by atoms with van der Waals surface area (Å²) in [4.78, 5) is 48.1. The van der Waals surface area contributed by atoms with Crippen LogP contribution in [0.1, 0.15) is 26.5 Å². The molecule has 35 heavy (non-hydrogen) atoms. The number of ether oxygens (including phenoxy) is 1. The van der Waals surface area contributed by atoms with Gasteiger partial charge in [-0.1, -0.05) is 6.07 Å². The zero-order valence-electron chi connectivity index (χ0n) is 18.1. The fourth-order valence-electron chi connectivity index (χ4n) is 2.74. The highest BCUT2D eigenvalue weighted by Gasteiger charge is 2.17. The van der Waals surface area contributed by atoms with Crippen molar-refractivity contribution >= 4 is 35.1 Å². The molecule has 3 N–H and O–H groups in total. The Hall–Kier alpha value is -4.61. The Morgan fingerprint density at radius 2 is 1.69 bits per heavy atom. The smallest absolute Gasteiger partial charge is 0.338 e. The van der Waals surface area contributed by atoms with Gasteiger partial charge in [-0.15, -0.1) is 0 Å². The van der Waals surface area contributed by atoms with Crippen LogP contribution in [0.2, 0.25) is 0 Å². The van der Waals surface area contributed by atoms with Gasteiger partial charge in [-0.05, 0) is 48.9 Å². The van der Waals surface area contributed by atoms with E-state index in [2.05, 4.69) is 10.6 Å². The summed E-state index contributed by atoms with van der Waals surface area (Å²) in [5.74, 6) is -7.86. The number of anilines is 2. The number of carbonyl (C=O) groups excluding carboxylic acids is 4. The van der Waals surface area contributed by atoms with E-state index in [0.717, 1.165) is 6.07 Å².